The molecule has 0 radical (unpaired) electrons. The first-order valence-electron chi connectivity index (χ1n) is 3.74. The van der Waals surface area contributed by atoms with E-state index >= 15 is 0 Å². The van der Waals surface area contributed by atoms with E-state index in [1.165, 1.54) is 0 Å². The van der Waals surface area contributed by atoms with Crippen LogP contribution in [0.4, 0.5) is 0 Å². The zero-order valence-corrected chi connectivity index (χ0v) is 6.81. The van der Waals surface area contributed by atoms with Crippen LogP contribution in [-0.4, -0.2) is 18.5 Å². The van der Waals surface area contributed by atoms with Crippen molar-refractivity contribution in [3.63, 3.8) is 0 Å². The van der Waals surface area contributed by atoms with Gasteiger partial charge in [-0.05, 0) is 18.4 Å². The van der Waals surface area contributed by atoms with E-state index in [1.807, 2.05) is 0 Å². The molecule has 0 aromatic heterocycles. The number of nitrogens with zero attached hydrogens (tertiary/aromatic N) is 3. The van der Waals surface area contributed by atoms with Crippen molar-refractivity contribution in [3.05, 3.63) is 10.4 Å². The first kappa shape index (κ1) is 10.7. The Kier molecular flexibility index (Phi) is 5.77. The van der Waals surface area contributed by atoms with Gasteiger partial charge in [0.1, 0.15) is 0 Å². The summed E-state index contributed by atoms with van der Waals surface area (Å²) < 4.78 is 0. The van der Waals surface area contributed by atoms with Gasteiger partial charge in [0.15, 0.2) is 0 Å². The summed E-state index contributed by atoms with van der Waals surface area (Å²) in [6, 6.07) is -0.573. The third-order valence-electron chi connectivity index (χ3n) is 1.45. The summed E-state index contributed by atoms with van der Waals surface area (Å²) in [5.74, 6) is -0.487. The second-order valence-corrected chi connectivity index (χ2v) is 2.46. The van der Waals surface area contributed by atoms with Crippen LogP contribution in [0.1, 0.15) is 19.3 Å². The van der Waals surface area contributed by atoms with Crippen molar-refractivity contribution < 1.29 is 4.79 Å². The topological polar surface area (TPSA) is 118 Å². The molecule has 0 unspecified atom stereocenters. The van der Waals surface area contributed by atoms with E-state index in [0.717, 1.165) is 12.8 Å². The molecule has 4 N–H and O–H groups in total. The number of primary amides is 1. The Hall–Kier alpha value is -1.26. The van der Waals surface area contributed by atoms with Gasteiger partial charge in [-0.1, -0.05) is 11.5 Å². The Morgan fingerprint density at radius 2 is 2.25 bits per heavy atom. The van der Waals surface area contributed by atoms with E-state index in [-0.39, 0.29) is 0 Å². The highest BCUT2D eigenvalue weighted by Crippen LogP contribution is 1.98. The molecule has 6 heteroatoms. The molecule has 0 aromatic rings. The maximum Gasteiger partial charge on any atom is 0.234 e. The first-order valence-corrected chi connectivity index (χ1v) is 3.74. The summed E-state index contributed by atoms with van der Waals surface area (Å²) >= 11 is 0. The average Bonchev–Trinajstić information content (AvgIpc) is 2.03. The average molecular weight is 171 g/mol. The quantitative estimate of drug-likeness (QED) is 0.258. The van der Waals surface area contributed by atoms with Gasteiger partial charge in [0.25, 0.3) is 0 Å². The van der Waals surface area contributed by atoms with Crippen molar-refractivity contribution in [3.8, 4) is 0 Å². The summed E-state index contributed by atoms with van der Waals surface area (Å²) in [7, 11) is 0. The van der Waals surface area contributed by atoms with E-state index < -0.39 is 11.9 Å². The van der Waals surface area contributed by atoms with Crippen LogP contribution in [0.2, 0.25) is 0 Å². The zero-order valence-electron chi connectivity index (χ0n) is 6.81. The van der Waals surface area contributed by atoms with Gasteiger partial charge >= 0.3 is 0 Å². The van der Waals surface area contributed by atoms with Crippen LogP contribution in [0, 0.1) is 0 Å². The number of azide groups is 1. The molecule has 0 rings (SSSR count). The number of hydrogen-bond donors (Lipinski definition) is 2. The molecule has 0 heterocycles. The number of unbranched alkanes of at least 4 members (excludes halogenated alkanes) is 1. The Labute approximate surface area is 70.5 Å². The van der Waals surface area contributed by atoms with E-state index in [0.29, 0.717) is 13.0 Å². The molecule has 1 atom stereocenters. The molecule has 6 nitrogen and oxygen atoms in total. The van der Waals surface area contributed by atoms with E-state index in [9.17, 15) is 4.79 Å². The van der Waals surface area contributed by atoms with Crippen LogP contribution in [0.25, 0.3) is 10.4 Å². The van der Waals surface area contributed by atoms with Crippen LogP contribution in [0.15, 0.2) is 5.11 Å². The third kappa shape index (κ3) is 5.52. The van der Waals surface area contributed by atoms with Crippen molar-refractivity contribution in [2.45, 2.75) is 25.3 Å². The van der Waals surface area contributed by atoms with Crippen molar-refractivity contribution in [2.24, 2.45) is 16.6 Å². The van der Waals surface area contributed by atoms with Crippen molar-refractivity contribution in [1.82, 2.24) is 0 Å². The maximum atomic E-state index is 10.4. The summed E-state index contributed by atoms with van der Waals surface area (Å²) in [5, 5.41) is 3.34. The third-order valence-corrected chi connectivity index (χ3v) is 1.45. The lowest BCUT2D eigenvalue weighted by Crippen LogP contribution is -2.36. The molecular formula is C6H13N5O. The largest absolute Gasteiger partial charge is 0.368 e. The molecule has 0 aromatic carbocycles. The van der Waals surface area contributed by atoms with Gasteiger partial charge in [0, 0.05) is 11.5 Å². The highest BCUT2D eigenvalue weighted by Gasteiger charge is 2.06. The lowest BCUT2D eigenvalue weighted by atomic mass is 10.1. The summed E-state index contributed by atoms with van der Waals surface area (Å²) in [6.45, 7) is 0.446. The molecule has 68 valence electrons. The van der Waals surface area contributed by atoms with E-state index in [2.05, 4.69) is 10.0 Å². The number of hydrogen-bond acceptors (Lipinski definition) is 3. The number of amides is 1. The summed E-state index contributed by atoms with van der Waals surface area (Å²) in [5.41, 5.74) is 18.2. The predicted molar refractivity (Wildman–Crippen MR) is 45.0 cm³/mol. The molecule has 0 bridgehead atoms. The van der Waals surface area contributed by atoms with Gasteiger partial charge in [0.2, 0.25) is 5.91 Å². The van der Waals surface area contributed by atoms with Gasteiger partial charge in [-0.25, -0.2) is 0 Å². The molecule has 0 aliphatic rings. The van der Waals surface area contributed by atoms with E-state index in [4.69, 9.17) is 17.0 Å². The molecule has 0 spiro atoms. The molecule has 0 aliphatic carbocycles. The molecule has 0 saturated carbocycles. The van der Waals surface area contributed by atoms with Gasteiger partial charge in [-0.15, -0.1) is 0 Å². The normalized spacial score (nSPS) is 11.8. The van der Waals surface area contributed by atoms with Crippen LogP contribution in [-0.2, 0) is 4.79 Å². The van der Waals surface area contributed by atoms with Gasteiger partial charge in [0.05, 0.1) is 6.04 Å². The second-order valence-electron chi connectivity index (χ2n) is 2.46. The standard InChI is InChI=1S/C6H13N5O/c7-5(6(8)12)3-1-2-4-10-11-9/h5H,1-4,7H2,(H2,8,12)/t5-/m0/s1. The summed E-state index contributed by atoms with van der Waals surface area (Å²) in [4.78, 5) is 13.0. The minimum atomic E-state index is -0.573. The lowest BCUT2D eigenvalue weighted by Gasteiger charge is -2.04. The van der Waals surface area contributed by atoms with Crippen molar-refractivity contribution >= 4 is 5.91 Å². The second kappa shape index (κ2) is 6.45. The highest BCUT2D eigenvalue weighted by atomic mass is 16.1. The predicted octanol–water partition coefficient (Wildman–Crippen LogP) is 0.280. The molecule has 0 aliphatic heterocycles. The fourth-order valence-electron chi connectivity index (χ4n) is 0.734. The lowest BCUT2D eigenvalue weighted by molar-refractivity contribution is -0.119. The summed E-state index contributed by atoms with van der Waals surface area (Å²) in [6.07, 6.45) is 2.05. The Bertz CT molecular complexity index is 186. The van der Waals surface area contributed by atoms with Crippen LogP contribution < -0.4 is 11.5 Å². The highest BCUT2D eigenvalue weighted by molar-refractivity contribution is 5.79. The Balaban J connectivity index is 3.31. The maximum absolute atomic E-state index is 10.4. The zero-order chi connectivity index (χ0) is 9.40. The monoisotopic (exact) mass is 171 g/mol. The van der Waals surface area contributed by atoms with Crippen molar-refractivity contribution in [2.75, 3.05) is 6.54 Å². The minimum absolute atomic E-state index is 0.446. The Morgan fingerprint density at radius 3 is 2.75 bits per heavy atom. The SMILES string of the molecule is [N-]=[N+]=NCCCC[C@H](N)C(N)=O. The molecule has 12 heavy (non-hydrogen) atoms. The smallest absolute Gasteiger partial charge is 0.234 e. The Morgan fingerprint density at radius 1 is 1.58 bits per heavy atom. The number of rotatable bonds is 6. The number of carbonyl (C=O) groups is 1. The first-order chi connectivity index (χ1) is 5.68. The fraction of sp³-hybridized carbons (Fsp3) is 0.833. The van der Waals surface area contributed by atoms with Crippen LogP contribution >= 0.6 is 0 Å². The molecule has 0 saturated heterocycles. The minimum Gasteiger partial charge on any atom is -0.368 e. The molecule has 0 fully saturated rings. The van der Waals surface area contributed by atoms with Gasteiger partial charge in [-0.3, -0.25) is 4.79 Å². The van der Waals surface area contributed by atoms with Gasteiger partial charge < -0.3 is 11.5 Å². The van der Waals surface area contributed by atoms with Gasteiger partial charge in [-0.2, -0.15) is 0 Å². The van der Waals surface area contributed by atoms with Crippen LogP contribution in [0.3, 0.4) is 0 Å². The van der Waals surface area contributed by atoms with Crippen molar-refractivity contribution in [1.29, 1.82) is 0 Å². The molecule has 1 amide bonds. The molecular weight excluding hydrogens is 158 g/mol. The number of carbonyl (C=O) groups excluding carboxylic acids is 1. The van der Waals surface area contributed by atoms with Crippen LogP contribution in [0.5, 0.6) is 0 Å². The van der Waals surface area contributed by atoms with E-state index in [1.54, 1.807) is 0 Å². The fourth-order valence-corrected chi connectivity index (χ4v) is 0.734. The number of nitrogens with two attached hydrogens (primary N) is 2.